The molecule has 1 fully saturated rings. The molecular weight excluding hydrogens is 264 g/mol. The molecule has 19 heavy (non-hydrogen) atoms. The summed E-state index contributed by atoms with van der Waals surface area (Å²) in [6, 6.07) is 3.59. The van der Waals surface area contributed by atoms with Gasteiger partial charge in [-0.3, -0.25) is 9.59 Å². The summed E-state index contributed by atoms with van der Waals surface area (Å²) in [5, 5.41) is 4.78. The number of carbonyl (C=O) groups is 2. The van der Waals surface area contributed by atoms with Crippen molar-refractivity contribution < 1.29 is 14.3 Å². The van der Waals surface area contributed by atoms with Crippen LogP contribution in [-0.2, 0) is 20.9 Å². The van der Waals surface area contributed by atoms with Crippen LogP contribution in [0, 0.1) is 0 Å². The minimum Gasteiger partial charge on any atom is -0.383 e. The van der Waals surface area contributed by atoms with Gasteiger partial charge in [-0.25, -0.2) is 0 Å². The lowest BCUT2D eigenvalue weighted by Crippen LogP contribution is -2.45. The van der Waals surface area contributed by atoms with Crippen LogP contribution in [0.15, 0.2) is 17.5 Å². The van der Waals surface area contributed by atoms with Crippen LogP contribution in [0.5, 0.6) is 0 Å². The van der Waals surface area contributed by atoms with Gasteiger partial charge in [0.2, 0.25) is 11.8 Å². The number of likely N-dealkylation sites (tertiary alicyclic amines) is 1. The van der Waals surface area contributed by atoms with Gasteiger partial charge in [-0.05, 0) is 17.9 Å². The first-order chi connectivity index (χ1) is 9.22. The molecule has 0 aliphatic carbocycles. The molecule has 6 heteroatoms. The Hall–Kier alpha value is -1.40. The topological polar surface area (TPSA) is 58.6 Å². The van der Waals surface area contributed by atoms with Crippen LogP contribution < -0.4 is 5.32 Å². The maximum atomic E-state index is 12.0. The third-order valence-electron chi connectivity index (χ3n) is 3.14. The lowest BCUT2D eigenvalue weighted by atomic mass is 10.2. The second kappa shape index (κ2) is 6.68. The fourth-order valence-electron chi connectivity index (χ4n) is 2.17. The lowest BCUT2D eigenvalue weighted by Gasteiger charge is -2.23. The zero-order valence-electron chi connectivity index (χ0n) is 10.9. The Labute approximate surface area is 116 Å². The second-order valence-electron chi connectivity index (χ2n) is 4.44. The molecule has 1 aromatic heterocycles. The highest BCUT2D eigenvalue weighted by Gasteiger charge is 2.35. The molecule has 1 saturated heterocycles. The summed E-state index contributed by atoms with van der Waals surface area (Å²) in [5.74, 6) is -0.0280. The molecule has 1 unspecified atom stereocenters. The number of rotatable bonds is 6. The number of carbonyl (C=O) groups excluding carboxylic acids is 2. The first kappa shape index (κ1) is 14.0. The Morgan fingerprint density at radius 3 is 3.16 bits per heavy atom. The monoisotopic (exact) mass is 282 g/mol. The van der Waals surface area contributed by atoms with Gasteiger partial charge in [0.05, 0.1) is 13.2 Å². The fraction of sp³-hybridized carbons (Fsp3) is 0.538. The average molecular weight is 282 g/mol. The van der Waals surface area contributed by atoms with E-state index in [1.165, 1.54) is 0 Å². The molecule has 1 atom stereocenters. The van der Waals surface area contributed by atoms with Crippen molar-refractivity contribution >= 4 is 23.2 Å². The van der Waals surface area contributed by atoms with Crippen LogP contribution in [0.4, 0.5) is 0 Å². The zero-order chi connectivity index (χ0) is 13.7. The predicted octanol–water partition coefficient (Wildman–Crippen LogP) is 1.00. The minimum atomic E-state index is -0.341. The number of amides is 2. The summed E-state index contributed by atoms with van der Waals surface area (Å²) in [7, 11) is 1.59. The van der Waals surface area contributed by atoms with Gasteiger partial charge < -0.3 is 15.0 Å². The quantitative estimate of drug-likeness (QED) is 0.792. The molecule has 1 aromatic rings. The van der Waals surface area contributed by atoms with Gasteiger partial charge in [0.15, 0.2) is 0 Å². The lowest BCUT2D eigenvalue weighted by molar-refractivity contribution is -0.135. The molecular formula is C13H18N2O3S. The standard InChI is InChI=1S/C13H18N2O3S/c1-18-7-6-14-13(17)11-4-5-12(16)15(11)9-10-3-2-8-19-10/h2-3,8,11H,4-7,9H2,1H3,(H,14,17). The van der Waals surface area contributed by atoms with Crippen LogP contribution in [0.3, 0.4) is 0 Å². The van der Waals surface area contributed by atoms with Crippen molar-refractivity contribution in [2.45, 2.75) is 25.4 Å². The van der Waals surface area contributed by atoms with Gasteiger partial charge in [-0.2, -0.15) is 0 Å². The Bertz CT molecular complexity index is 433. The molecule has 2 heterocycles. The van der Waals surface area contributed by atoms with Crippen molar-refractivity contribution in [3.8, 4) is 0 Å². The Morgan fingerprint density at radius 1 is 1.63 bits per heavy atom. The van der Waals surface area contributed by atoms with E-state index >= 15 is 0 Å². The Morgan fingerprint density at radius 2 is 2.47 bits per heavy atom. The van der Waals surface area contributed by atoms with Crippen molar-refractivity contribution in [3.05, 3.63) is 22.4 Å². The van der Waals surface area contributed by atoms with Crippen LogP contribution in [0.1, 0.15) is 17.7 Å². The largest absolute Gasteiger partial charge is 0.383 e. The number of nitrogens with zero attached hydrogens (tertiary/aromatic N) is 1. The van der Waals surface area contributed by atoms with Crippen molar-refractivity contribution in [3.63, 3.8) is 0 Å². The molecule has 1 aliphatic heterocycles. The maximum absolute atomic E-state index is 12.0. The van der Waals surface area contributed by atoms with Crippen LogP contribution in [-0.4, -0.2) is 43.0 Å². The highest BCUT2D eigenvalue weighted by molar-refractivity contribution is 7.09. The molecule has 5 nitrogen and oxygen atoms in total. The fourth-order valence-corrected chi connectivity index (χ4v) is 2.87. The third-order valence-corrected chi connectivity index (χ3v) is 4.00. The van der Waals surface area contributed by atoms with E-state index in [1.807, 2.05) is 17.5 Å². The van der Waals surface area contributed by atoms with Gasteiger partial charge in [0, 0.05) is 25.0 Å². The van der Waals surface area contributed by atoms with Crippen molar-refractivity contribution in [1.82, 2.24) is 10.2 Å². The van der Waals surface area contributed by atoms with E-state index in [0.717, 1.165) is 4.88 Å². The minimum absolute atomic E-state index is 0.0558. The van der Waals surface area contributed by atoms with Crippen LogP contribution in [0.25, 0.3) is 0 Å². The SMILES string of the molecule is COCCNC(=O)C1CCC(=O)N1Cc1cccs1. The van der Waals surface area contributed by atoms with Gasteiger partial charge in [-0.15, -0.1) is 11.3 Å². The molecule has 0 saturated carbocycles. The van der Waals surface area contributed by atoms with Crippen molar-refractivity contribution in [2.24, 2.45) is 0 Å². The molecule has 0 radical (unpaired) electrons. The molecule has 1 N–H and O–H groups in total. The predicted molar refractivity (Wildman–Crippen MR) is 72.8 cm³/mol. The third kappa shape index (κ3) is 3.54. The van der Waals surface area contributed by atoms with Gasteiger partial charge in [-0.1, -0.05) is 6.07 Å². The molecule has 1 aliphatic rings. The number of hydrogen-bond donors (Lipinski definition) is 1. The van der Waals surface area contributed by atoms with E-state index in [1.54, 1.807) is 23.3 Å². The summed E-state index contributed by atoms with van der Waals surface area (Å²) < 4.78 is 4.89. The number of hydrogen-bond acceptors (Lipinski definition) is 4. The Kier molecular flexibility index (Phi) is 4.93. The van der Waals surface area contributed by atoms with Gasteiger partial charge >= 0.3 is 0 Å². The molecule has 2 amide bonds. The summed E-state index contributed by atoms with van der Waals surface area (Å²) >= 11 is 1.60. The van der Waals surface area contributed by atoms with Crippen LogP contribution >= 0.6 is 11.3 Å². The smallest absolute Gasteiger partial charge is 0.242 e. The maximum Gasteiger partial charge on any atom is 0.242 e. The highest BCUT2D eigenvalue weighted by atomic mass is 32.1. The first-order valence-corrected chi connectivity index (χ1v) is 7.19. The molecule has 2 rings (SSSR count). The Balaban J connectivity index is 1.94. The first-order valence-electron chi connectivity index (χ1n) is 6.31. The number of thiophene rings is 1. The van der Waals surface area contributed by atoms with Crippen LogP contribution in [0.2, 0.25) is 0 Å². The van der Waals surface area contributed by atoms with Crippen molar-refractivity contribution in [2.75, 3.05) is 20.3 Å². The van der Waals surface area contributed by atoms with Gasteiger partial charge in [0.25, 0.3) is 0 Å². The van der Waals surface area contributed by atoms with E-state index in [-0.39, 0.29) is 17.9 Å². The average Bonchev–Trinajstić information content (AvgIpc) is 3.02. The number of ether oxygens (including phenoxy) is 1. The van der Waals surface area contributed by atoms with E-state index in [9.17, 15) is 9.59 Å². The summed E-state index contributed by atoms with van der Waals surface area (Å²) in [6.07, 6.45) is 1.05. The van der Waals surface area contributed by atoms with E-state index in [4.69, 9.17) is 4.74 Å². The van der Waals surface area contributed by atoms with E-state index in [0.29, 0.717) is 32.5 Å². The molecule has 0 aromatic carbocycles. The highest BCUT2D eigenvalue weighted by Crippen LogP contribution is 2.23. The number of methoxy groups -OCH3 is 1. The van der Waals surface area contributed by atoms with Crippen molar-refractivity contribution in [1.29, 1.82) is 0 Å². The van der Waals surface area contributed by atoms with Gasteiger partial charge in [0.1, 0.15) is 6.04 Å². The molecule has 0 spiro atoms. The summed E-state index contributed by atoms with van der Waals surface area (Å²) in [6.45, 7) is 1.49. The summed E-state index contributed by atoms with van der Waals surface area (Å²) in [5.41, 5.74) is 0. The molecule has 0 bridgehead atoms. The zero-order valence-corrected chi connectivity index (χ0v) is 11.7. The molecule has 104 valence electrons. The number of nitrogens with one attached hydrogen (secondary N) is 1. The summed E-state index contributed by atoms with van der Waals surface area (Å²) in [4.78, 5) is 26.7. The van der Waals surface area contributed by atoms with E-state index in [2.05, 4.69) is 5.32 Å². The van der Waals surface area contributed by atoms with E-state index < -0.39 is 0 Å². The normalized spacial score (nSPS) is 18.9. The second-order valence-corrected chi connectivity index (χ2v) is 5.47.